The third-order valence-corrected chi connectivity index (χ3v) is 4.15. The number of pyridine rings is 1. The molecule has 1 fully saturated rings. The molecule has 1 aliphatic rings. The van der Waals surface area contributed by atoms with Gasteiger partial charge in [0.2, 0.25) is 5.95 Å². The molecule has 2 aromatic rings. The zero-order valence-electron chi connectivity index (χ0n) is 13.7. The van der Waals surface area contributed by atoms with E-state index in [1.165, 1.54) is 12.3 Å². The van der Waals surface area contributed by atoms with Crippen molar-refractivity contribution in [3.63, 3.8) is 0 Å². The van der Waals surface area contributed by atoms with E-state index in [0.717, 1.165) is 25.2 Å². The molecule has 0 aliphatic carbocycles. The normalized spacial score (nSPS) is 17.7. The van der Waals surface area contributed by atoms with Crippen LogP contribution in [0, 0.1) is 5.82 Å². The van der Waals surface area contributed by atoms with Crippen LogP contribution in [0.3, 0.4) is 0 Å². The number of rotatable bonds is 4. The third-order valence-electron chi connectivity index (χ3n) is 3.94. The van der Waals surface area contributed by atoms with E-state index in [9.17, 15) is 4.39 Å². The van der Waals surface area contributed by atoms with Gasteiger partial charge >= 0.3 is 0 Å². The summed E-state index contributed by atoms with van der Waals surface area (Å²) in [6.07, 6.45) is 5.11. The number of hydrogen-bond acceptors (Lipinski definition) is 6. The number of halogens is 2. The zero-order chi connectivity index (χ0) is 17.1. The Kier molecular flexibility index (Phi) is 4.99. The molecule has 1 aliphatic heterocycles. The molecule has 8 heteroatoms. The van der Waals surface area contributed by atoms with Crippen molar-refractivity contribution in [1.29, 1.82) is 0 Å². The molecule has 6 nitrogen and oxygen atoms in total. The Hall–Kier alpha value is -2.15. The van der Waals surface area contributed by atoms with Gasteiger partial charge in [-0.25, -0.2) is 14.4 Å². The van der Waals surface area contributed by atoms with Crippen LogP contribution in [-0.2, 0) is 0 Å². The summed E-state index contributed by atoms with van der Waals surface area (Å²) in [6, 6.07) is 3.28. The number of aromatic nitrogens is 3. The van der Waals surface area contributed by atoms with Gasteiger partial charge in [-0.3, -0.25) is 0 Å². The van der Waals surface area contributed by atoms with Crippen LogP contribution < -0.4 is 15.1 Å². The number of nitrogens with zero attached hydrogens (tertiary/aromatic N) is 5. The summed E-state index contributed by atoms with van der Waals surface area (Å²) in [5, 5.41) is 3.64. The summed E-state index contributed by atoms with van der Waals surface area (Å²) in [5.74, 6) is 1.37. The molecule has 2 aromatic heterocycles. The SMILES string of the molecule is CN(C)c1ccnc(NC2CCCN(c3ncc(Cl)cc3F)C2)n1. The topological polar surface area (TPSA) is 57.2 Å². The second kappa shape index (κ2) is 7.17. The molecule has 1 atom stereocenters. The van der Waals surface area contributed by atoms with Gasteiger partial charge in [0.1, 0.15) is 5.82 Å². The summed E-state index contributed by atoms with van der Waals surface area (Å²) in [6.45, 7) is 1.41. The number of piperidine rings is 1. The molecule has 0 aromatic carbocycles. The number of anilines is 3. The second-order valence-electron chi connectivity index (χ2n) is 6.02. The van der Waals surface area contributed by atoms with Crippen molar-refractivity contribution in [2.24, 2.45) is 0 Å². The molecule has 128 valence electrons. The highest BCUT2D eigenvalue weighted by Crippen LogP contribution is 2.24. The lowest BCUT2D eigenvalue weighted by molar-refractivity contribution is 0.512. The van der Waals surface area contributed by atoms with Gasteiger partial charge in [0.15, 0.2) is 11.6 Å². The number of hydrogen-bond donors (Lipinski definition) is 1. The molecule has 0 radical (unpaired) electrons. The van der Waals surface area contributed by atoms with Gasteiger partial charge in [-0.2, -0.15) is 4.98 Å². The largest absolute Gasteiger partial charge is 0.363 e. The van der Waals surface area contributed by atoms with Crippen molar-refractivity contribution in [1.82, 2.24) is 15.0 Å². The van der Waals surface area contributed by atoms with Crippen molar-refractivity contribution in [3.05, 3.63) is 35.4 Å². The fourth-order valence-electron chi connectivity index (χ4n) is 2.78. The van der Waals surface area contributed by atoms with Crippen molar-refractivity contribution in [3.8, 4) is 0 Å². The quantitative estimate of drug-likeness (QED) is 0.915. The molecular weight excluding hydrogens is 331 g/mol. The molecule has 1 unspecified atom stereocenters. The van der Waals surface area contributed by atoms with Crippen LogP contribution in [-0.4, -0.2) is 48.2 Å². The summed E-state index contributed by atoms with van der Waals surface area (Å²) < 4.78 is 14.1. The fraction of sp³-hybridized carbons (Fsp3) is 0.438. The van der Waals surface area contributed by atoms with Gasteiger partial charge in [0, 0.05) is 45.6 Å². The van der Waals surface area contributed by atoms with Crippen LogP contribution in [0.4, 0.5) is 22.0 Å². The third kappa shape index (κ3) is 3.84. The maximum absolute atomic E-state index is 14.1. The monoisotopic (exact) mass is 350 g/mol. The lowest BCUT2D eigenvalue weighted by Gasteiger charge is -2.34. The fourth-order valence-corrected chi connectivity index (χ4v) is 2.92. The summed E-state index contributed by atoms with van der Waals surface area (Å²) >= 11 is 5.78. The summed E-state index contributed by atoms with van der Waals surface area (Å²) in [5.41, 5.74) is 0. The van der Waals surface area contributed by atoms with Crippen LogP contribution in [0.25, 0.3) is 0 Å². The van der Waals surface area contributed by atoms with E-state index in [2.05, 4.69) is 20.3 Å². The van der Waals surface area contributed by atoms with E-state index in [-0.39, 0.29) is 6.04 Å². The Morgan fingerprint density at radius 3 is 2.96 bits per heavy atom. The average molecular weight is 351 g/mol. The van der Waals surface area contributed by atoms with E-state index >= 15 is 0 Å². The first-order chi connectivity index (χ1) is 11.5. The highest BCUT2D eigenvalue weighted by atomic mass is 35.5. The maximum Gasteiger partial charge on any atom is 0.224 e. The Bertz CT molecular complexity index is 711. The molecule has 1 saturated heterocycles. The Morgan fingerprint density at radius 2 is 2.21 bits per heavy atom. The molecular formula is C16H20ClFN6. The predicted octanol–water partition coefficient (Wildman–Crippen LogP) is 2.81. The van der Waals surface area contributed by atoms with E-state index in [0.29, 0.717) is 23.3 Å². The molecule has 1 N–H and O–H groups in total. The molecule has 0 amide bonds. The Balaban J connectivity index is 1.70. The first-order valence-electron chi connectivity index (χ1n) is 7.86. The van der Waals surface area contributed by atoms with Gasteiger partial charge in [-0.05, 0) is 25.0 Å². The predicted molar refractivity (Wildman–Crippen MR) is 94.4 cm³/mol. The van der Waals surface area contributed by atoms with E-state index in [1.54, 1.807) is 6.20 Å². The highest BCUT2D eigenvalue weighted by Gasteiger charge is 2.23. The lowest BCUT2D eigenvalue weighted by atomic mass is 10.1. The lowest BCUT2D eigenvalue weighted by Crippen LogP contribution is -2.43. The van der Waals surface area contributed by atoms with Crippen LogP contribution in [0.2, 0.25) is 5.02 Å². The smallest absolute Gasteiger partial charge is 0.224 e. The summed E-state index contributed by atoms with van der Waals surface area (Å²) in [7, 11) is 3.87. The van der Waals surface area contributed by atoms with Crippen molar-refractivity contribution < 1.29 is 4.39 Å². The van der Waals surface area contributed by atoms with Gasteiger partial charge in [-0.1, -0.05) is 11.6 Å². The molecule has 3 rings (SSSR count). The molecule has 0 spiro atoms. The Morgan fingerprint density at radius 1 is 1.38 bits per heavy atom. The zero-order valence-corrected chi connectivity index (χ0v) is 14.5. The molecule has 3 heterocycles. The first-order valence-corrected chi connectivity index (χ1v) is 8.23. The van der Waals surface area contributed by atoms with E-state index in [4.69, 9.17) is 11.6 Å². The van der Waals surface area contributed by atoms with Crippen molar-refractivity contribution in [2.45, 2.75) is 18.9 Å². The average Bonchev–Trinajstić information content (AvgIpc) is 2.55. The van der Waals surface area contributed by atoms with Crippen LogP contribution in [0.1, 0.15) is 12.8 Å². The van der Waals surface area contributed by atoms with Crippen molar-refractivity contribution in [2.75, 3.05) is 42.3 Å². The van der Waals surface area contributed by atoms with Gasteiger partial charge in [-0.15, -0.1) is 0 Å². The van der Waals surface area contributed by atoms with Crippen LogP contribution >= 0.6 is 11.6 Å². The minimum Gasteiger partial charge on any atom is -0.363 e. The molecule has 0 saturated carbocycles. The van der Waals surface area contributed by atoms with Crippen LogP contribution in [0.15, 0.2) is 24.5 Å². The Labute approximate surface area is 145 Å². The van der Waals surface area contributed by atoms with E-state index in [1.807, 2.05) is 30.0 Å². The molecule has 24 heavy (non-hydrogen) atoms. The second-order valence-corrected chi connectivity index (χ2v) is 6.46. The standard InChI is InChI=1S/C16H20ClFN6/c1-23(2)14-5-6-19-16(22-14)21-12-4-3-7-24(10-12)15-13(18)8-11(17)9-20-15/h5-6,8-9,12H,3-4,7,10H2,1-2H3,(H,19,21,22). The van der Waals surface area contributed by atoms with Gasteiger partial charge < -0.3 is 15.1 Å². The summed E-state index contributed by atoms with van der Waals surface area (Å²) in [4.78, 5) is 16.7. The van der Waals surface area contributed by atoms with Gasteiger partial charge in [0.05, 0.1) is 5.02 Å². The van der Waals surface area contributed by atoms with Gasteiger partial charge in [0.25, 0.3) is 0 Å². The molecule has 0 bridgehead atoms. The van der Waals surface area contributed by atoms with Crippen molar-refractivity contribution >= 4 is 29.2 Å². The highest BCUT2D eigenvalue weighted by molar-refractivity contribution is 6.30. The van der Waals surface area contributed by atoms with E-state index < -0.39 is 5.82 Å². The first kappa shape index (κ1) is 16.7. The minimum atomic E-state index is -0.394. The maximum atomic E-state index is 14.1. The number of nitrogens with one attached hydrogen (secondary N) is 1. The minimum absolute atomic E-state index is 0.132. The van der Waals surface area contributed by atoms with Crippen LogP contribution in [0.5, 0.6) is 0 Å².